The maximum Gasteiger partial charge on any atom is 0.534 e. The van der Waals surface area contributed by atoms with Gasteiger partial charge in [0.05, 0.1) is 6.26 Å². The number of rotatable bonds is 16. The lowest BCUT2D eigenvalue weighted by Gasteiger charge is -2.19. The van der Waals surface area contributed by atoms with E-state index in [1.165, 1.54) is 105 Å². The largest absolute Gasteiger partial charge is 0.534 e. The highest BCUT2D eigenvalue weighted by Gasteiger charge is 2.48. The summed E-state index contributed by atoms with van der Waals surface area (Å²) in [5.41, 5.74) is -2.46. The van der Waals surface area contributed by atoms with E-state index in [2.05, 4.69) is 68.3 Å². The summed E-state index contributed by atoms with van der Waals surface area (Å²) < 4.78 is 90.6. The zero-order chi connectivity index (χ0) is 36.2. The first kappa shape index (κ1) is 40.1. The molecule has 49 heavy (non-hydrogen) atoms. The molecule has 4 rings (SSSR count). The standard InChI is InChI=1S/C26H40.C12H9F3O6S2/c1-5-9-13-21(7-3)19-23-15-11-18-26-24(16-12-17-25(23)26)20-22(8-4)14-10-6-2;1-22(16,17)20-10-6-2-5-9-8(10)4-3-7-11(9)21-23(18,19)12(13,14)15/h11-12,15-18,21-22H,5-10,13-14,19-20H2,1-4H3;2-7H,1H3. The van der Waals surface area contributed by atoms with Gasteiger partial charge in [0.15, 0.2) is 11.5 Å². The van der Waals surface area contributed by atoms with Crippen LogP contribution >= 0.6 is 0 Å². The third kappa shape index (κ3) is 11.6. The van der Waals surface area contributed by atoms with Crippen molar-refractivity contribution in [2.75, 3.05) is 6.26 Å². The first-order valence-electron chi connectivity index (χ1n) is 17.0. The quantitative estimate of drug-likeness (QED) is 0.0845. The van der Waals surface area contributed by atoms with Crippen LogP contribution in [0.4, 0.5) is 13.2 Å². The van der Waals surface area contributed by atoms with E-state index in [1.54, 1.807) is 11.1 Å². The summed E-state index contributed by atoms with van der Waals surface area (Å²) in [6.07, 6.45) is 14.0. The third-order valence-electron chi connectivity index (χ3n) is 8.77. The lowest BCUT2D eigenvalue weighted by atomic mass is 9.86. The molecule has 0 aliphatic heterocycles. The van der Waals surface area contributed by atoms with Gasteiger partial charge in [-0.2, -0.15) is 30.0 Å². The van der Waals surface area contributed by atoms with Crippen LogP contribution in [0.25, 0.3) is 21.5 Å². The first-order valence-corrected chi connectivity index (χ1v) is 20.3. The second-order valence-electron chi connectivity index (χ2n) is 12.5. The summed E-state index contributed by atoms with van der Waals surface area (Å²) in [7, 11) is -9.73. The molecule has 0 heterocycles. The van der Waals surface area contributed by atoms with Gasteiger partial charge in [-0.3, -0.25) is 0 Å². The lowest BCUT2D eigenvalue weighted by Crippen LogP contribution is -2.28. The first-order chi connectivity index (χ1) is 23.1. The Balaban J connectivity index is 0.000000267. The van der Waals surface area contributed by atoms with Crippen molar-refractivity contribution in [1.82, 2.24) is 0 Å². The fraction of sp³-hybridized carbons (Fsp3) is 0.474. The van der Waals surface area contributed by atoms with Gasteiger partial charge in [0.25, 0.3) is 0 Å². The number of fused-ring (bicyclic) bond motifs is 2. The molecular formula is C38H49F3O6S2. The second-order valence-corrected chi connectivity index (χ2v) is 15.7. The van der Waals surface area contributed by atoms with E-state index >= 15 is 0 Å². The number of alkyl halides is 3. The molecule has 4 aromatic rings. The van der Waals surface area contributed by atoms with E-state index in [1.807, 2.05) is 0 Å². The van der Waals surface area contributed by atoms with E-state index in [4.69, 9.17) is 4.18 Å². The summed E-state index contributed by atoms with van der Waals surface area (Å²) in [6, 6.07) is 21.4. The van der Waals surface area contributed by atoms with Crippen molar-refractivity contribution >= 4 is 41.8 Å². The monoisotopic (exact) mass is 722 g/mol. The van der Waals surface area contributed by atoms with Gasteiger partial charge in [-0.1, -0.05) is 140 Å². The van der Waals surface area contributed by atoms with Crippen LogP contribution in [-0.4, -0.2) is 28.6 Å². The molecular weight excluding hydrogens is 674 g/mol. The number of benzene rings is 4. The maximum absolute atomic E-state index is 12.4. The predicted molar refractivity (Wildman–Crippen MR) is 193 cm³/mol. The SMILES string of the molecule is CCCCC(CC)Cc1cccc2c(CC(CC)CCCC)cccc12.CS(=O)(=O)Oc1cccc2c(OS(=O)(=O)C(F)(F)F)cccc12. The minimum Gasteiger partial charge on any atom is -0.382 e. The maximum atomic E-state index is 12.4. The van der Waals surface area contributed by atoms with Crippen LogP contribution in [0, 0.1) is 11.8 Å². The second kappa shape index (κ2) is 18.1. The highest BCUT2D eigenvalue weighted by atomic mass is 32.2. The van der Waals surface area contributed by atoms with Crippen LogP contribution in [0.1, 0.15) is 90.2 Å². The smallest absolute Gasteiger partial charge is 0.382 e. The van der Waals surface area contributed by atoms with Crippen molar-refractivity contribution in [2.45, 2.75) is 97.4 Å². The van der Waals surface area contributed by atoms with Gasteiger partial charge in [0.2, 0.25) is 0 Å². The molecule has 0 aliphatic carbocycles. The van der Waals surface area contributed by atoms with E-state index in [0.29, 0.717) is 0 Å². The highest BCUT2D eigenvalue weighted by Crippen LogP contribution is 2.36. The van der Waals surface area contributed by atoms with Crippen LogP contribution in [0.15, 0.2) is 72.8 Å². The predicted octanol–water partition coefficient (Wildman–Crippen LogP) is 10.8. The fourth-order valence-electron chi connectivity index (χ4n) is 6.03. The zero-order valence-electron chi connectivity index (χ0n) is 29.1. The molecule has 0 aliphatic rings. The van der Waals surface area contributed by atoms with Crippen molar-refractivity contribution < 1.29 is 38.4 Å². The van der Waals surface area contributed by atoms with Crippen LogP contribution in [0.2, 0.25) is 0 Å². The highest BCUT2D eigenvalue weighted by molar-refractivity contribution is 7.88. The average Bonchev–Trinajstić information content (AvgIpc) is 3.04. The normalized spacial score (nSPS) is 13.5. The molecule has 270 valence electrons. The topological polar surface area (TPSA) is 86.7 Å². The van der Waals surface area contributed by atoms with Crippen molar-refractivity contribution in [3.05, 3.63) is 83.9 Å². The summed E-state index contributed by atoms with van der Waals surface area (Å²) in [6.45, 7) is 9.33. The van der Waals surface area contributed by atoms with Gasteiger partial charge in [0, 0.05) is 10.8 Å². The molecule has 4 aromatic carbocycles. The van der Waals surface area contributed by atoms with Gasteiger partial charge in [-0.25, -0.2) is 0 Å². The summed E-state index contributed by atoms with van der Waals surface area (Å²) in [4.78, 5) is 0. The van der Waals surface area contributed by atoms with Crippen molar-refractivity contribution in [2.24, 2.45) is 11.8 Å². The number of unbranched alkanes of at least 4 members (excludes halogenated alkanes) is 2. The Morgan fingerprint density at radius 2 is 0.980 bits per heavy atom. The van der Waals surface area contributed by atoms with Gasteiger partial charge >= 0.3 is 25.7 Å². The minimum absolute atomic E-state index is 0.0542. The Bertz CT molecular complexity index is 1810. The molecule has 0 N–H and O–H groups in total. The van der Waals surface area contributed by atoms with Crippen molar-refractivity contribution in [3.8, 4) is 11.5 Å². The molecule has 0 bridgehead atoms. The summed E-state index contributed by atoms with van der Waals surface area (Å²) in [5, 5.41) is 3.03. The summed E-state index contributed by atoms with van der Waals surface area (Å²) >= 11 is 0. The molecule has 0 aromatic heterocycles. The summed E-state index contributed by atoms with van der Waals surface area (Å²) in [5.74, 6) is 0.896. The molecule has 2 unspecified atom stereocenters. The number of hydrogen-bond acceptors (Lipinski definition) is 6. The Labute approximate surface area is 290 Å². The van der Waals surface area contributed by atoms with Gasteiger partial charge in [-0.05, 0) is 58.7 Å². The van der Waals surface area contributed by atoms with Crippen molar-refractivity contribution in [1.29, 1.82) is 0 Å². The minimum atomic E-state index is -5.85. The molecule has 2 atom stereocenters. The van der Waals surface area contributed by atoms with Crippen molar-refractivity contribution in [3.63, 3.8) is 0 Å². The average molecular weight is 723 g/mol. The number of hydrogen-bond donors (Lipinski definition) is 0. The van der Waals surface area contributed by atoms with Crippen LogP contribution < -0.4 is 8.37 Å². The molecule has 6 nitrogen and oxygen atoms in total. The Morgan fingerprint density at radius 1 is 0.592 bits per heavy atom. The molecule has 11 heteroatoms. The Kier molecular flexibility index (Phi) is 14.8. The van der Waals surface area contributed by atoms with E-state index < -0.39 is 31.5 Å². The fourth-order valence-corrected chi connectivity index (χ4v) is 6.98. The molecule has 0 saturated carbocycles. The van der Waals surface area contributed by atoms with Crippen LogP contribution in [0.5, 0.6) is 11.5 Å². The van der Waals surface area contributed by atoms with E-state index in [9.17, 15) is 30.0 Å². The third-order valence-corrected chi connectivity index (χ3v) is 10.2. The van der Waals surface area contributed by atoms with Gasteiger partial charge < -0.3 is 8.37 Å². The molecule has 0 amide bonds. The molecule has 0 spiro atoms. The van der Waals surface area contributed by atoms with Gasteiger partial charge in [-0.15, -0.1) is 0 Å². The number of halogens is 3. The van der Waals surface area contributed by atoms with Gasteiger partial charge in [0.1, 0.15) is 0 Å². The van der Waals surface area contributed by atoms with E-state index in [0.717, 1.165) is 24.2 Å². The van der Waals surface area contributed by atoms with Crippen LogP contribution in [0.3, 0.4) is 0 Å². The van der Waals surface area contributed by atoms with E-state index in [-0.39, 0.29) is 16.5 Å². The molecule has 0 radical (unpaired) electrons. The Morgan fingerprint density at radius 3 is 1.35 bits per heavy atom. The lowest BCUT2D eigenvalue weighted by molar-refractivity contribution is -0.0499. The molecule has 0 saturated heterocycles. The Hall–Kier alpha value is -3.31. The van der Waals surface area contributed by atoms with Crippen LogP contribution in [-0.2, 0) is 33.1 Å². The molecule has 0 fully saturated rings. The zero-order valence-corrected chi connectivity index (χ0v) is 30.7.